The molecule has 4 heterocycles. The standard InChI is InChI=1S/C28H31FN6O2S/c29-23-24(21-15-19(36)14-18-6-1-2-7-20(18)21)32-16-22-25(23)33-27(34-26(22)31-10-5-13-38-30)37-17-28-8-3-11-35(28)12-4-9-28/h1-2,6-7,14-16,36H,3-5,8-13,17,30H2,(H,31,33,34). The first-order chi connectivity index (χ1) is 18.6. The molecule has 0 aliphatic carbocycles. The molecule has 2 aromatic heterocycles. The van der Waals surface area contributed by atoms with Crippen LogP contribution in [-0.2, 0) is 0 Å². The normalized spacial score (nSPS) is 16.8. The molecule has 0 saturated carbocycles. The summed E-state index contributed by atoms with van der Waals surface area (Å²) in [5.74, 6) is 0.744. The summed E-state index contributed by atoms with van der Waals surface area (Å²) in [4.78, 5) is 16.2. The molecule has 8 nitrogen and oxygen atoms in total. The van der Waals surface area contributed by atoms with Crippen LogP contribution in [0.3, 0.4) is 0 Å². The fourth-order valence-corrected chi connectivity index (χ4v) is 6.25. The first-order valence-corrected chi connectivity index (χ1v) is 14.1. The van der Waals surface area contributed by atoms with Crippen molar-refractivity contribution in [1.29, 1.82) is 0 Å². The number of hydrogen-bond acceptors (Lipinski definition) is 9. The van der Waals surface area contributed by atoms with Crippen LogP contribution in [-0.4, -0.2) is 62.5 Å². The molecule has 0 unspecified atom stereocenters. The summed E-state index contributed by atoms with van der Waals surface area (Å²) in [5.41, 5.74) is 0.778. The second-order valence-electron chi connectivity index (χ2n) is 10.1. The van der Waals surface area contributed by atoms with Crippen molar-refractivity contribution in [2.24, 2.45) is 5.14 Å². The molecule has 6 rings (SSSR count). The maximum Gasteiger partial charge on any atom is 0.319 e. The minimum absolute atomic E-state index is 0.0205. The summed E-state index contributed by atoms with van der Waals surface area (Å²) in [6.07, 6.45) is 6.92. The first kappa shape index (κ1) is 25.1. The van der Waals surface area contributed by atoms with E-state index in [0.29, 0.717) is 29.9 Å². The highest BCUT2D eigenvalue weighted by Crippen LogP contribution is 2.40. The lowest BCUT2D eigenvalue weighted by atomic mass is 9.95. The lowest BCUT2D eigenvalue weighted by molar-refractivity contribution is 0.108. The monoisotopic (exact) mass is 534 g/mol. The van der Waals surface area contributed by atoms with Crippen molar-refractivity contribution in [1.82, 2.24) is 19.9 Å². The van der Waals surface area contributed by atoms with Crippen molar-refractivity contribution in [3.05, 3.63) is 48.4 Å². The molecule has 0 amide bonds. The number of rotatable bonds is 9. The van der Waals surface area contributed by atoms with Gasteiger partial charge in [-0.25, -0.2) is 4.39 Å². The number of aromatic nitrogens is 3. The molecule has 0 radical (unpaired) electrons. The average Bonchev–Trinajstić information content (AvgIpc) is 3.51. The zero-order valence-corrected chi connectivity index (χ0v) is 21.9. The average molecular weight is 535 g/mol. The molecule has 0 atom stereocenters. The Balaban J connectivity index is 1.41. The molecule has 4 aromatic rings. The van der Waals surface area contributed by atoms with Crippen LogP contribution in [0, 0.1) is 5.82 Å². The van der Waals surface area contributed by atoms with Crippen LogP contribution in [0.25, 0.3) is 32.9 Å². The van der Waals surface area contributed by atoms with Crippen LogP contribution >= 0.6 is 11.9 Å². The quantitative estimate of drug-likeness (QED) is 0.199. The van der Waals surface area contributed by atoms with Gasteiger partial charge in [0.05, 0.1) is 10.9 Å². The number of phenolic OH excluding ortho intramolecular Hbond substituents is 1. The van der Waals surface area contributed by atoms with Gasteiger partial charge in [0.1, 0.15) is 29.4 Å². The van der Waals surface area contributed by atoms with Gasteiger partial charge in [-0.15, -0.1) is 0 Å². The van der Waals surface area contributed by atoms with Gasteiger partial charge in [-0.3, -0.25) is 15.0 Å². The van der Waals surface area contributed by atoms with E-state index in [9.17, 15) is 5.11 Å². The van der Waals surface area contributed by atoms with Crippen molar-refractivity contribution in [2.45, 2.75) is 37.6 Å². The molecule has 4 N–H and O–H groups in total. The third kappa shape index (κ3) is 4.61. The molecular formula is C28H31FN6O2S. The molecule has 0 bridgehead atoms. The third-order valence-electron chi connectivity index (χ3n) is 7.78. The van der Waals surface area contributed by atoms with Crippen molar-refractivity contribution >= 4 is 39.4 Å². The van der Waals surface area contributed by atoms with Gasteiger partial charge in [-0.2, -0.15) is 9.97 Å². The van der Waals surface area contributed by atoms with E-state index in [1.165, 1.54) is 18.0 Å². The number of aromatic hydroxyl groups is 1. The Morgan fingerprint density at radius 1 is 1.13 bits per heavy atom. The van der Waals surface area contributed by atoms with Gasteiger partial charge < -0.3 is 15.2 Å². The maximum absolute atomic E-state index is 16.2. The number of nitrogens with one attached hydrogen (secondary N) is 1. The number of ether oxygens (including phenoxy) is 1. The SMILES string of the molecule is NSCCCNc1nc(OCC23CCCN2CCC3)nc2c(F)c(-c3cc(O)cc4ccccc34)ncc12. The first-order valence-electron chi connectivity index (χ1n) is 13.1. The number of benzene rings is 2. The lowest BCUT2D eigenvalue weighted by Gasteiger charge is -2.31. The maximum atomic E-state index is 16.2. The van der Waals surface area contributed by atoms with Gasteiger partial charge in [-0.05, 0) is 68.1 Å². The highest BCUT2D eigenvalue weighted by Gasteiger charge is 2.45. The number of hydrogen-bond donors (Lipinski definition) is 3. The van der Waals surface area contributed by atoms with Gasteiger partial charge in [0.2, 0.25) is 0 Å². The van der Waals surface area contributed by atoms with Gasteiger partial charge >= 0.3 is 6.01 Å². The number of fused-ring (bicyclic) bond motifs is 3. The van der Waals surface area contributed by atoms with Gasteiger partial charge in [0, 0.05) is 24.1 Å². The molecular weight excluding hydrogens is 503 g/mol. The number of nitrogens with two attached hydrogens (primary N) is 1. The van der Waals surface area contributed by atoms with Gasteiger partial charge in [0.15, 0.2) is 5.82 Å². The predicted octanol–water partition coefficient (Wildman–Crippen LogP) is 5.11. The molecule has 2 aromatic carbocycles. The number of nitrogens with zero attached hydrogens (tertiary/aromatic N) is 4. The topological polar surface area (TPSA) is 109 Å². The Hall–Kier alpha value is -3.21. The summed E-state index contributed by atoms with van der Waals surface area (Å²) in [7, 11) is 0. The van der Waals surface area contributed by atoms with Crippen molar-refractivity contribution in [2.75, 3.05) is 37.3 Å². The summed E-state index contributed by atoms with van der Waals surface area (Å²) in [6.45, 7) is 3.29. The highest BCUT2D eigenvalue weighted by molar-refractivity contribution is 7.97. The van der Waals surface area contributed by atoms with Gasteiger partial charge in [-0.1, -0.05) is 36.2 Å². The van der Waals surface area contributed by atoms with Crippen LogP contribution in [0.5, 0.6) is 11.8 Å². The fourth-order valence-electron chi connectivity index (χ4n) is 5.94. The summed E-state index contributed by atoms with van der Waals surface area (Å²) in [6, 6.07) is 10.9. The third-order valence-corrected chi connectivity index (χ3v) is 8.30. The summed E-state index contributed by atoms with van der Waals surface area (Å²) < 4.78 is 22.4. The van der Waals surface area contributed by atoms with E-state index in [1.54, 1.807) is 12.3 Å². The largest absolute Gasteiger partial charge is 0.508 e. The van der Waals surface area contributed by atoms with Crippen molar-refractivity contribution in [3.63, 3.8) is 0 Å². The predicted molar refractivity (Wildman–Crippen MR) is 150 cm³/mol. The van der Waals surface area contributed by atoms with Crippen LogP contribution < -0.4 is 15.2 Å². The fraction of sp³-hybridized carbons (Fsp3) is 0.393. The number of anilines is 1. The van der Waals surface area contributed by atoms with Crippen LogP contribution in [0.1, 0.15) is 32.1 Å². The summed E-state index contributed by atoms with van der Waals surface area (Å²) in [5, 5.41) is 21.3. The smallest absolute Gasteiger partial charge is 0.319 e. The zero-order chi connectivity index (χ0) is 26.1. The molecule has 38 heavy (non-hydrogen) atoms. The van der Waals surface area contributed by atoms with E-state index in [0.717, 1.165) is 61.7 Å². The molecule has 2 fully saturated rings. The van der Waals surface area contributed by atoms with E-state index in [-0.39, 0.29) is 28.5 Å². The van der Waals surface area contributed by atoms with E-state index >= 15 is 4.39 Å². The summed E-state index contributed by atoms with van der Waals surface area (Å²) >= 11 is 1.28. The van der Waals surface area contributed by atoms with E-state index in [4.69, 9.17) is 9.88 Å². The Labute approximate surface area is 224 Å². The Kier molecular flexibility index (Phi) is 6.94. The van der Waals surface area contributed by atoms with E-state index in [1.807, 2.05) is 24.3 Å². The van der Waals surface area contributed by atoms with Gasteiger partial charge in [0.25, 0.3) is 0 Å². The number of phenols is 1. The van der Waals surface area contributed by atoms with Crippen LogP contribution in [0.2, 0.25) is 0 Å². The van der Waals surface area contributed by atoms with Crippen molar-refractivity contribution in [3.8, 4) is 23.0 Å². The second-order valence-corrected chi connectivity index (χ2v) is 10.9. The molecule has 0 spiro atoms. The zero-order valence-electron chi connectivity index (χ0n) is 21.1. The number of pyridine rings is 1. The van der Waals surface area contributed by atoms with E-state index < -0.39 is 5.82 Å². The van der Waals surface area contributed by atoms with Crippen molar-refractivity contribution < 1.29 is 14.2 Å². The second kappa shape index (κ2) is 10.5. The minimum atomic E-state index is -0.576. The van der Waals surface area contributed by atoms with E-state index in [2.05, 4.69) is 25.2 Å². The molecule has 2 saturated heterocycles. The van der Waals surface area contributed by atoms with Crippen LogP contribution in [0.15, 0.2) is 42.6 Å². The molecule has 198 valence electrons. The van der Waals surface area contributed by atoms with Crippen LogP contribution in [0.4, 0.5) is 10.2 Å². The lowest BCUT2D eigenvalue weighted by Crippen LogP contribution is -2.43. The Bertz CT molecular complexity index is 1480. The highest BCUT2D eigenvalue weighted by atomic mass is 32.2. The Morgan fingerprint density at radius 3 is 2.76 bits per heavy atom. The number of halogens is 1. The molecule has 2 aliphatic rings. The molecule has 2 aliphatic heterocycles. The molecule has 10 heteroatoms. The Morgan fingerprint density at radius 2 is 1.95 bits per heavy atom. The minimum Gasteiger partial charge on any atom is -0.508 e.